The number of benzene rings is 1. The zero-order valence-corrected chi connectivity index (χ0v) is 54.9. The normalized spacial score (nSPS) is 13.5. The predicted molar refractivity (Wildman–Crippen MR) is 373 cm³/mol. The number of imidazole rings is 8. The SMILES string of the molecule is C[n+]1c2n(c3nc4ccncn4c31)Cc1cnccc1-2.[2H]C([2H])([2H])[n+]1c2n(c3nc4ccncn4c31)Cc1cnccc1-2.c1cc2c(cn1)C[n+]1c-2oc2c1nc1ccncn12.c1cc2c(cn1)C[n+]1c-2sc2c1nc1ccncn12.c1ccc(-n2c3[n+](c4nc5ccncn5c42)Cc2cnccc2-3)cc1. The van der Waals surface area contributed by atoms with E-state index in [9.17, 15) is 0 Å². The van der Waals surface area contributed by atoms with Crippen molar-refractivity contribution >= 4 is 95.3 Å². The van der Waals surface area contributed by atoms with Crippen molar-refractivity contribution in [2.24, 2.45) is 14.0 Å². The predicted octanol–water partition coefficient (Wildman–Crippen LogP) is 7.09. The van der Waals surface area contributed by atoms with Crippen molar-refractivity contribution in [2.75, 3.05) is 0 Å². The van der Waals surface area contributed by atoms with Gasteiger partial charge in [-0.2, -0.15) is 23.3 Å². The van der Waals surface area contributed by atoms with Gasteiger partial charge >= 0.3 is 22.7 Å². The molecule has 30 heteroatoms. The van der Waals surface area contributed by atoms with Crippen LogP contribution in [-0.2, 0) is 46.7 Å². The van der Waals surface area contributed by atoms with Gasteiger partial charge in [-0.05, 0) is 52.4 Å². The van der Waals surface area contributed by atoms with Gasteiger partial charge in [-0.15, -0.1) is 0 Å². The summed E-state index contributed by atoms with van der Waals surface area (Å²) in [6.45, 7) is 1.46. The molecule has 0 amide bonds. The summed E-state index contributed by atoms with van der Waals surface area (Å²) in [5, 5.41) is 1.26. The molecule has 5 aliphatic heterocycles. The van der Waals surface area contributed by atoms with Crippen LogP contribution in [0.25, 0.3) is 146 Å². The molecule has 0 fully saturated rings. The zero-order chi connectivity index (χ0) is 70.2. The van der Waals surface area contributed by atoms with E-state index in [1.807, 2.05) is 123 Å². The number of para-hydroxylation sites is 1. The minimum atomic E-state index is -2.32. The van der Waals surface area contributed by atoms with Crippen molar-refractivity contribution in [1.82, 2.24) is 110 Å². The van der Waals surface area contributed by atoms with Crippen molar-refractivity contribution in [3.63, 3.8) is 0 Å². The lowest BCUT2D eigenvalue weighted by Crippen LogP contribution is -2.31. The van der Waals surface area contributed by atoms with Gasteiger partial charge in [0.2, 0.25) is 39.2 Å². The number of hydrogen-bond donors (Lipinski definition) is 0. The summed E-state index contributed by atoms with van der Waals surface area (Å²) in [4.78, 5) is 66.5. The third-order valence-corrected chi connectivity index (χ3v) is 20.9. The number of hydrogen-bond acceptors (Lipinski definition) is 17. The molecular weight excluding hydrogens is 1320 g/mol. The van der Waals surface area contributed by atoms with Crippen LogP contribution in [0.4, 0.5) is 0 Å². The Balaban J connectivity index is 0.0000000830. The van der Waals surface area contributed by atoms with E-state index >= 15 is 0 Å². The molecule has 103 heavy (non-hydrogen) atoms. The molecule has 0 aliphatic carbocycles. The molecule has 29 nitrogen and oxygen atoms in total. The number of rotatable bonds is 1. The molecule has 0 saturated carbocycles. The fourth-order valence-electron chi connectivity index (χ4n) is 15.2. The lowest BCUT2D eigenvalue weighted by atomic mass is 10.1. The van der Waals surface area contributed by atoms with Crippen LogP contribution in [0.1, 0.15) is 31.9 Å². The third kappa shape index (κ3) is 8.27. The first-order valence-corrected chi connectivity index (χ1v) is 33.7. The summed E-state index contributed by atoms with van der Waals surface area (Å²) >= 11 is 1.76. The first kappa shape index (κ1) is 53.8. The Morgan fingerprint density at radius 3 is 1.50 bits per heavy atom. The molecule has 26 rings (SSSR count). The molecule has 0 saturated heterocycles. The van der Waals surface area contributed by atoms with Crippen LogP contribution in [0.3, 0.4) is 0 Å². The Bertz CT molecular complexity index is 7090. The number of aromatic nitrogens is 28. The Morgan fingerprint density at radius 2 is 0.864 bits per heavy atom. The van der Waals surface area contributed by atoms with Gasteiger partial charge in [0.1, 0.15) is 37.8 Å². The molecule has 0 radical (unpaired) electrons. The van der Waals surface area contributed by atoms with Gasteiger partial charge in [0.15, 0.2) is 17.7 Å². The van der Waals surface area contributed by atoms with Gasteiger partial charge in [0.25, 0.3) is 45.4 Å². The van der Waals surface area contributed by atoms with Crippen LogP contribution in [0.15, 0.2) is 220 Å². The summed E-state index contributed by atoms with van der Waals surface area (Å²) in [7, 11) is 2.07. The second-order valence-corrected chi connectivity index (χ2v) is 26.2. The smallest absolute Gasteiger partial charge is 0.390 e. The quantitative estimate of drug-likeness (QED) is 0.149. The van der Waals surface area contributed by atoms with Crippen LogP contribution in [-0.4, -0.2) is 110 Å². The van der Waals surface area contributed by atoms with E-state index in [1.54, 1.807) is 84.0 Å². The standard InChI is InChI=1S/C19H13N6.2C14H11N6.C13H8N5O.C13H8N5S/c1-2-4-14(5-3-1)25-18-15-6-8-20-10-13(15)11-23(18)17-19(25)24-12-21-9-7-16(24)22-17;2*1-18-13-10-2-4-15-6-9(10)7-19(13)12-14(18)20-8-16-5-3-11(20)17-12;2*1-3-14-5-8-6-17-11-13(19-12(17)9(1)8)18-7-15-4-2-10(18)16-11/h1-10,12H,11H2;2*2-6,8H,7H2,1H3;2*1-5,7H,6H2/q5*+1/i;1D3;;;. The lowest BCUT2D eigenvalue weighted by Gasteiger charge is -2.04. The van der Waals surface area contributed by atoms with Gasteiger partial charge in [-0.1, -0.05) is 34.5 Å². The number of oxazole rings is 1. The van der Waals surface area contributed by atoms with Gasteiger partial charge in [0, 0.05) is 157 Å². The van der Waals surface area contributed by atoms with E-state index in [0.717, 1.165) is 127 Å². The highest BCUT2D eigenvalue weighted by atomic mass is 32.1. The van der Waals surface area contributed by atoms with Crippen LogP contribution in [0, 0.1) is 0 Å². The maximum absolute atomic E-state index is 8.00. The zero-order valence-electron chi connectivity index (χ0n) is 57.1. The Kier molecular flexibility index (Phi) is 11.3. The molecule has 490 valence electrons. The van der Waals surface area contributed by atoms with E-state index in [0.29, 0.717) is 29.3 Å². The largest absolute Gasteiger partial charge is 0.396 e. The van der Waals surface area contributed by atoms with Gasteiger partial charge in [-0.25, -0.2) is 70.1 Å². The second kappa shape index (κ2) is 21.7. The van der Waals surface area contributed by atoms with Crippen molar-refractivity contribution in [3.8, 4) is 61.9 Å². The van der Waals surface area contributed by atoms with Gasteiger partial charge < -0.3 is 4.42 Å². The molecule has 5 aliphatic rings. The first-order chi connectivity index (χ1) is 52.1. The van der Waals surface area contributed by atoms with Crippen molar-refractivity contribution < 1.29 is 31.4 Å². The molecule has 1 aromatic carbocycles. The monoisotopic (exact) mass is 1370 g/mol. The Hall–Kier alpha value is -14.2. The Labute approximate surface area is 586 Å². The molecule has 0 N–H and O–H groups in total. The van der Waals surface area contributed by atoms with E-state index in [2.05, 4.69) is 141 Å². The number of fused-ring (bicyclic) bond motifs is 35. The van der Waals surface area contributed by atoms with E-state index in [-0.39, 0.29) is 0 Å². The van der Waals surface area contributed by atoms with Crippen LogP contribution in [0.2, 0.25) is 0 Å². The molecule has 0 unspecified atom stereocenters. The van der Waals surface area contributed by atoms with E-state index < -0.39 is 6.98 Å². The number of nitrogens with zero attached hydrogens (tertiary/aromatic N) is 28. The topological polar surface area (TPSA) is 263 Å². The fraction of sp³-hybridized carbons (Fsp3) is 0.0959. The molecular formula is C73H51N28OS+5. The van der Waals surface area contributed by atoms with Crippen molar-refractivity contribution in [1.29, 1.82) is 0 Å². The van der Waals surface area contributed by atoms with E-state index in [4.69, 9.17) is 23.5 Å². The fourth-order valence-corrected chi connectivity index (χ4v) is 16.4. The number of pyridine rings is 5. The number of thiazole rings is 1. The molecule has 25 heterocycles. The minimum Gasteiger partial charge on any atom is -0.396 e. The van der Waals surface area contributed by atoms with Crippen LogP contribution in [0.5, 0.6) is 0 Å². The highest BCUT2D eigenvalue weighted by Crippen LogP contribution is 2.39. The number of aryl methyl sites for hydroxylation is 2. The van der Waals surface area contributed by atoms with Gasteiger partial charge in [0.05, 0.1) is 60.0 Å². The summed E-state index contributed by atoms with van der Waals surface area (Å²) in [6.07, 6.45) is 35.9. The molecule has 0 bridgehead atoms. The lowest BCUT2D eigenvalue weighted by molar-refractivity contribution is -0.651. The highest BCUT2D eigenvalue weighted by molar-refractivity contribution is 7.20. The Morgan fingerprint density at radius 1 is 0.408 bits per heavy atom. The van der Waals surface area contributed by atoms with Crippen LogP contribution >= 0.6 is 11.3 Å². The second-order valence-electron chi connectivity index (χ2n) is 25.2. The summed E-state index contributed by atoms with van der Waals surface area (Å²) < 4.78 is 56.3. The average Bonchev–Trinajstić information content (AvgIpc) is 1.55. The first-order valence-electron chi connectivity index (χ1n) is 34.4. The van der Waals surface area contributed by atoms with Crippen LogP contribution < -0.4 is 22.8 Å². The molecule has 21 aromatic rings. The maximum Gasteiger partial charge on any atom is 0.390 e. The summed E-state index contributed by atoms with van der Waals surface area (Å²) in [5.41, 5.74) is 24.8. The summed E-state index contributed by atoms with van der Waals surface area (Å²) in [5.74, 6) is 3.80. The third-order valence-electron chi connectivity index (χ3n) is 19.7. The summed E-state index contributed by atoms with van der Waals surface area (Å²) in [6, 6.07) is 29.9. The minimum absolute atomic E-state index is 0.533. The van der Waals surface area contributed by atoms with E-state index in [1.165, 1.54) is 54.3 Å². The van der Waals surface area contributed by atoms with Gasteiger partial charge in [-0.3, -0.25) is 24.9 Å². The average molecular weight is 1370 g/mol. The molecule has 0 spiro atoms. The maximum atomic E-state index is 8.00. The molecule has 0 atom stereocenters. The van der Waals surface area contributed by atoms with Crippen molar-refractivity contribution in [3.05, 3.63) is 243 Å². The molecule has 20 aromatic heterocycles. The highest BCUT2D eigenvalue weighted by Gasteiger charge is 2.40. The van der Waals surface area contributed by atoms with Crippen molar-refractivity contribution in [2.45, 2.75) is 32.7 Å².